The van der Waals surface area contributed by atoms with Crippen molar-refractivity contribution in [2.75, 3.05) is 0 Å². The van der Waals surface area contributed by atoms with E-state index in [1.165, 1.54) is 0 Å². The Morgan fingerprint density at radius 1 is 1.20 bits per heavy atom. The molecule has 0 aliphatic carbocycles. The number of hydrogen-bond donors (Lipinski definition) is 1. The van der Waals surface area contributed by atoms with Gasteiger partial charge >= 0.3 is 5.97 Å². The number of ketones is 1. The van der Waals surface area contributed by atoms with Gasteiger partial charge in [0.1, 0.15) is 15.7 Å². The summed E-state index contributed by atoms with van der Waals surface area (Å²) in [6.07, 6.45) is -0.0359. The third kappa shape index (κ3) is 3.27. The van der Waals surface area contributed by atoms with Crippen LogP contribution >= 0.6 is 0 Å². The van der Waals surface area contributed by atoms with Crippen LogP contribution in [0.1, 0.15) is 23.2 Å². The molecule has 1 N–H and O–H groups in total. The van der Waals surface area contributed by atoms with Crippen molar-refractivity contribution in [1.29, 1.82) is 0 Å². The van der Waals surface area contributed by atoms with Crippen molar-refractivity contribution in [3.05, 3.63) is 23.8 Å². The summed E-state index contributed by atoms with van der Waals surface area (Å²) in [7, 11) is 3.76. The van der Waals surface area contributed by atoms with Crippen molar-refractivity contribution >= 4 is 38.4 Å². The molecular formula is C10H12B2O3. The van der Waals surface area contributed by atoms with Crippen LogP contribution in [-0.2, 0) is 4.79 Å². The predicted molar refractivity (Wildman–Crippen MR) is 64.0 cm³/mol. The fraction of sp³-hybridized carbons (Fsp3) is 0.200. The summed E-state index contributed by atoms with van der Waals surface area (Å²) in [5, 5.41) is 8.48. The number of carbonyl (C=O) groups is 2. The number of aliphatic carboxylic acids is 1. The zero-order chi connectivity index (χ0) is 11.4. The summed E-state index contributed by atoms with van der Waals surface area (Å²) < 4.78 is 0. The second kappa shape index (κ2) is 4.82. The minimum absolute atomic E-state index is 0.0691. The number of carbonyl (C=O) groups excluding carboxylic acids is 1. The van der Waals surface area contributed by atoms with E-state index in [-0.39, 0.29) is 18.6 Å². The zero-order valence-electron chi connectivity index (χ0n) is 8.91. The Kier molecular flexibility index (Phi) is 3.72. The highest BCUT2D eigenvalue weighted by molar-refractivity contribution is 6.39. The van der Waals surface area contributed by atoms with Crippen molar-refractivity contribution in [2.24, 2.45) is 0 Å². The maximum Gasteiger partial charge on any atom is 0.303 e. The molecule has 3 nitrogen and oxygen atoms in total. The SMILES string of the molecule is Bc1ccc(B)c(C(=O)CCC(=O)O)c1. The normalized spacial score (nSPS) is 9.87. The smallest absolute Gasteiger partial charge is 0.303 e. The van der Waals surface area contributed by atoms with Gasteiger partial charge in [-0.25, -0.2) is 0 Å². The average molecular weight is 202 g/mol. The summed E-state index contributed by atoms with van der Waals surface area (Å²) in [6, 6.07) is 5.62. The molecule has 0 saturated carbocycles. The van der Waals surface area contributed by atoms with Gasteiger partial charge in [-0.15, -0.1) is 0 Å². The van der Waals surface area contributed by atoms with Gasteiger partial charge in [-0.2, -0.15) is 0 Å². The molecule has 0 bridgehead atoms. The minimum atomic E-state index is -0.936. The van der Waals surface area contributed by atoms with Gasteiger partial charge in [0.25, 0.3) is 0 Å². The van der Waals surface area contributed by atoms with Gasteiger partial charge in [-0.05, 0) is 0 Å². The van der Waals surface area contributed by atoms with E-state index >= 15 is 0 Å². The molecule has 0 atom stereocenters. The Morgan fingerprint density at radius 3 is 2.47 bits per heavy atom. The number of Topliss-reactive ketones (excluding diaryl/α,β-unsaturated/α-hetero) is 1. The lowest BCUT2D eigenvalue weighted by Crippen LogP contribution is -2.20. The van der Waals surface area contributed by atoms with E-state index in [1.54, 1.807) is 6.07 Å². The van der Waals surface area contributed by atoms with Crippen LogP contribution in [0.4, 0.5) is 0 Å². The van der Waals surface area contributed by atoms with E-state index in [2.05, 4.69) is 0 Å². The number of carboxylic acid groups (broad SMARTS) is 1. The third-order valence-electron chi connectivity index (χ3n) is 2.26. The van der Waals surface area contributed by atoms with Crippen molar-refractivity contribution in [1.82, 2.24) is 0 Å². The Bertz CT molecular complexity index is 402. The molecule has 0 saturated heterocycles. The number of rotatable bonds is 4. The number of hydrogen-bond acceptors (Lipinski definition) is 2. The molecule has 15 heavy (non-hydrogen) atoms. The molecule has 1 aromatic rings. The highest BCUT2D eigenvalue weighted by atomic mass is 16.4. The standard InChI is InChI=1S/C10H12B2O3/c11-6-1-2-8(12)7(5-6)9(13)3-4-10(14)15/h1-2,5H,3-4,11-12H2,(H,14,15). The Morgan fingerprint density at radius 2 is 1.87 bits per heavy atom. The molecule has 1 rings (SSSR count). The lowest BCUT2D eigenvalue weighted by atomic mass is 9.83. The van der Waals surface area contributed by atoms with Crippen LogP contribution in [0.2, 0.25) is 0 Å². The summed E-state index contributed by atoms with van der Waals surface area (Å²) in [5.74, 6) is -1.03. The molecular weight excluding hydrogens is 190 g/mol. The van der Waals surface area contributed by atoms with Gasteiger partial charge in [0, 0.05) is 12.0 Å². The van der Waals surface area contributed by atoms with Gasteiger partial charge in [-0.1, -0.05) is 29.1 Å². The lowest BCUT2D eigenvalue weighted by Gasteiger charge is -2.05. The first kappa shape index (κ1) is 11.6. The average Bonchev–Trinajstić information content (AvgIpc) is 2.18. The summed E-state index contributed by atoms with van der Waals surface area (Å²) >= 11 is 0. The van der Waals surface area contributed by atoms with Crippen molar-refractivity contribution in [2.45, 2.75) is 12.8 Å². The van der Waals surface area contributed by atoms with Gasteiger partial charge in [0.15, 0.2) is 5.78 Å². The molecule has 0 heterocycles. The summed E-state index contributed by atoms with van der Waals surface area (Å²) in [6.45, 7) is 0. The van der Waals surface area contributed by atoms with Gasteiger partial charge in [-0.3, -0.25) is 9.59 Å². The van der Waals surface area contributed by atoms with E-state index in [4.69, 9.17) is 5.11 Å². The second-order valence-corrected chi connectivity index (χ2v) is 3.64. The van der Waals surface area contributed by atoms with Crippen molar-refractivity contribution in [3.8, 4) is 0 Å². The van der Waals surface area contributed by atoms with Crippen LogP contribution in [0.15, 0.2) is 18.2 Å². The van der Waals surface area contributed by atoms with Crippen LogP contribution in [0.5, 0.6) is 0 Å². The second-order valence-electron chi connectivity index (χ2n) is 3.64. The highest BCUT2D eigenvalue weighted by Crippen LogP contribution is 2.01. The van der Waals surface area contributed by atoms with Crippen LogP contribution in [-0.4, -0.2) is 32.6 Å². The van der Waals surface area contributed by atoms with Crippen LogP contribution in [0, 0.1) is 0 Å². The summed E-state index contributed by atoms with van der Waals surface area (Å²) in [5.41, 5.74) is 2.55. The first-order valence-electron chi connectivity index (χ1n) is 4.83. The molecule has 76 valence electrons. The first-order chi connectivity index (χ1) is 7.00. The molecule has 0 aromatic heterocycles. The molecule has 0 aliphatic rings. The Balaban J connectivity index is 2.81. The lowest BCUT2D eigenvalue weighted by molar-refractivity contribution is -0.136. The maximum absolute atomic E-state index is 11.7. The Hall–Kier alpha value is -1.51. The van der Waals surface area contributed by atoms with Crippen LogP contribution in [0.3, 0.4) is 0 Å². The third-order valence-corrected chi connectivity index (χ3v) is 2.26. The fourth-order valence-electron chi connectivity index (χ4n) is 1.39. The van der Waals surface area contributed by atoms with Crippen molar-refractivity contribution in [3.63, 3.8) is 0 Å². The van der Waals surface area contributed by atoms with E-state index < -0.39 is 5.97 Å². The Labute approximate surface area is 90.3 Å². The van der Waals surface area contributed by atoms with E-state index in [0.29, 0.717) is 5.56 Å². The van der Waals surface area contributed by atoms with E-state index in [0.717, 1.165) is 10.9 Å². The van der Waals surface area contributed by atoms with Gasteiger partial charge in [0.05, 0.1) is 6.42 Å². The molecule has 0 amide bonds. The topological polar surface area (TPSA) is 54.4 Å². The molecule has 0 radical (unpaired) electrons. The van der Waals surface area contributed by atoms with E-state index in [9.17, 15) is 9.59 Å². The van der Waals surface area contributed by atoms with E-state index in [1.807, 2.05) is 27.8 Å². The van der Waals surface area contributed by atoms with Crippen LogP contribution < -0.4 is 10.9 Å². The molecule has 0 spiro atoms. The maximum atomic E-state index is 11.7. The highest BCUT2D eigenvalue weighted by Gasteiger charge is 2.10. The molecule has 5 heteroatoms. The van der Waals surface area contributed by atoms with Gasteiger partial charge in [0.2, 0.25) is 0 Å². The molecule has 0 unspecified atom stereocenters. The summed E-state index contributed by atoms with van der Waals surface area (Å²) in [4.78, 5) is 22.0. The monoisotopic (exact) mass is 202 g/mol. The first-order valence-corrected chi connectivity index (χ1v) is 4.83. The quantitative estimate of drug-likeness (QED) is 0.465. The fourth-order valence-corrected chi connectivity index (χ4v) is 1.39. The molecule has 0 fully saturated rings. The minimum Gasteiger partial charge on any atom is -0.481 e. The zero-order valence-corrected chi connectivity index (χ0v) is 8.91. The van der Waals surface area contributed by atoms with Crippen LogP contribution in [0.25, 0.3) is 0 Å². The number of carboxylic acids is 1. The number of benzene rings is 1. The van der Waals surface area contributed by atoms with Gasteiger partial charge < -0.3 is 5.11 Å². The predicted octanol–water partition coefficient (Wildman–Crippen LogP) is -1.75. The largest absolute Gasteiger partial charge is 0.481 e. The molecule has 0 aliphatic heterocycles. The molecule has 1 aromatic carbocycles. The van der Waals surface area contributed by atoms with Crippen molar-refractivity contribution < 1.29 is 14.7 Å².